The smallest absolute Gasteiger partial charge is 0.417 e. The summed E-state index contributed by atoms with van der Waals surface area (Å²) in [6.45, 7) is 2.69. The summed E-state index contributed by atoms with van der Waals surface area (Å²) in [5.41, 5.74) is -0.179. The monoisotopic (exact) mass is 471 g/mol. The molecule has 3 aromatic rings. The number of nitrogens with one attached hydrogen (secondary N) is 1. The average molecular weight is 471 g/mol. The normalized spacial score (nSPS) is 16.8. The van der Waals surface area contributed by atoms with Crippen molar-refractivity contribution >= 4 is 11.6 Å². The van der Waals surface area contributed by atoms with Crippen molar-refractivity contribution in [1.29, 1.82) is 0 Å². The second-order valence-corrected chi connectivity index (χ2v) is 8.31. The maximum absolute atomic E-state index is 13.1. The van der Waals surface area contributed by atoms with Crippen LogP contribution in [0.4, 0.5) is 19.0 Å². The van der Waals surface area contributed by atoms with Gasteiger partial charge in [-0.1, -0.05) is 36.1 Å². The molecule has 0 aliphatic carbocycles. The maximum atomic E-state index is 13.1. The van der Waals surface area contributed by atoms with E-state index >= 15 is 0 Å². The van der Waals surface area contributed by atoms with E-state index in [0.29, 0.717) is 37.6 Å². The summed E-state index contributed by atoms with van der Waals surface area (Å²) in [5, 5.41) is 23.4. The number of quaternary nitrogens is 1. The second kappa shape index (κ2) is 9.72. The molecule has 2 N–H and O–H groups in total. The van der Waals surface area contributed by atoms with Crippen LogP contribution < -0.4 is 14.9 Å². The van der Waals surface area contributed by atoms with E-state index < -0.39 is 23.3 Å². The molecule has 1 aromatic heterocycles. The zero-order chi connectivity index (χ0) is 24.3. The Morgan fingerprint density at radius 2 is 1.82 bits per heavy atom. The van der Waals surface area contributed by atoms with Crippen molar-refractivity contribution < 1.29 is 33.1 Å². The number of phenols is 1. The number of aromatic hydroxyl groups is 1. The number of carbonyl (C=O) groups is 1. The van der Waals surface area contributed by atoms with Gasteiger partial charge in [-0.05, 0) is 24.3 Å². The van der Waals surface area contributed by atoms with E-state index in [2.05, 4.69) is 4.98 Å². The standard InChI is InChI=1S/C25H24F3N3O3/c26-25(27,28)18-7-10-22(29-15-18)31-12-4-11-30(13-14-31)16-20-21(32)9-8-19(24(20)34)23(33)17-5-2-1-3-6-17/h1-3,5-10,15,32,34H,4,11-14,16H2. The molecule has 9 heteroatoms. The van der Waals surface area contributed by atoms with Crippen LogP contribution in [0.25, 0.3) is 0 Å². The van der Waals surface area contributed by atoms with E-state index in [9.17, 15) is 28.2 Å². The summed E-state index contributed by atoms with van der Waals surface area (Å²) in [6, 6.07) is 13.6. The average Bonchev–Trinajstić information content (AvgIpc) is 3.07. The third-order valence-electron chi connectivity index (χ3n) is 6.04. The SMILES string of the molecule is O=C(c1ccccc1)c1ccc(O)c(C[NH+]2CCCN(c3ccc(C(F)(F)F)cn3)CC2)c1[O-]. The van der Waals surface area contributed by atoms with Crippen molar-refractivity contribution in [2.75, 3.05) is 31.1 Å². The van der Waals surface area contributed by atoms with Gasteiger partial charge in [-0.3, -0.25) is 4.79 Å². The predicted octanol–water partition coefficient (Wildman–Crippen LogP) is 2.41. The Hall–Kier alpha value is -3.59. The molecule has 178 valence electrons. The molecule has 0 radical (unpaired) electrons. The Morgan fingerprint density at radius 1 is 1.06 bits per heavy atom. The lowest BCUT2D eigenvalue weighted by molar-refractivity contribution is -0.911. The lowest BCUT2D eigenvalue weighted by Gasteiger charge is -2.24. The van der Waals surface area contributed by atoms with Gasteiger partial charge in [-0.25, -0.2) is 4.98 Å². The molecule has 0 spiro atoms. The van der Waals surface area contributed by atoms with Crippen molar-refractivity contribution in [1.82, 2.24) is 4.98 Å². The van der Waals surface area contributed by atoms with E-state index in [1.165, 1.54) is 18.2 Å². The quantitative estimate of drug-likeness (QED) is 0.559. The first-order chi connectivity index (χ1) is 16.2. The molecule has 6 nitrogen and oxygen atoms in total. The van der Waals surface area contributed by atoms with E-state index in [1.54, 1.807) is 30.3 Å². The summed E-state index contributed by atoms with van der Waals surface area (Å²) in [7, 11) is 0. The Kier molecular flexibility index (Phi) is 6.74. The van der Waals surface area contributed by atoms with Crippen LogP contribution in [0.5, 0.6) is 11.5 Å². The fraction of sp³-hybridized carbons (Fsp3) is 0.280. The number of halogens is 3. The summed E-state index contributed by atoms with van der Waals surface area (Å²) in [6.07, 6.45) is -2.86. The molecule has 1 unspecified atom stereocenters. The minimum absolute atomic E-state index is 0.0174. The third kappa shape index (κ3) is 5.14. The molecular weight excluding hydrogens is 447 g/mol. The Labute approximate surface area is 194 Å². The van der Waals surface area contributed by atoms with Crippen molar-refractivity contribution in [3.05, 3.63) is 83.0 Å². The number of hydrogen-bond donors (Lipinski definition) is 2. The molecule has 2 aromatic carbocycles. The largest absolute Gasteiger partial charge is 0.872 e. The lowest BCUT2D eigenvalue weighted by Crippen LogP contribution is -3.11. The Bertz CT molecular complexity index is 1150. The topological polar surface area (TPSA) is 80.9 Å². The minimum atomic E-state index is -4.43. The number of benzene rings is 2. The molecule has 0 amide bonds. The van der Waals surface area contributed by atoms with Gasteiger partial charge in [0.05, 0.1) is 25.2 Å². The number of anilines is 1. The Morgan fingerprint density at radius 3 is 2.50 bits per heavy atom. The zero-order valence-electron chi connectivity index (χ0n) is 18.3. The number of carbonyl (C=O) groups excluding carboxylic acids is 1. The van der Waals surface area contributed by atoms with Crippen molar-refractivity contribution in [3.63, 3.8) is 0 Å². The van der Waals surface area contributed by atoms with Crippen molar-refractivity contribution in [2.24, 2.45) is 0 Å². The highest BCUT2D eigenvalue weighted by Crippen LogP contribution is 2.30. The van der Waals surface area contributed by atoms with Crippen LogP contribution >= 0.6 is 0 Å². The molecule has 1 atom stereocenters. The van der Waals surface area contributed by atoms with E-state index in [4.69, 9.17) is 0 Å². The number of ketones is 1. The molecule has 4 rings (SSSR count). The van der Waals surface area contributed by atoms with Crippen LogP contribution in [0.2, 0.25) is 0 Å². The molecule has 1 aliphatic rings. The number of pyridine rings is 1. The van der Waals surface area contributed by atoms with E-state index in [0.717, 1.165) is 23.6 Å². The van der Waals surface area contributed by atoms with Gasteiger partial charge in [-0.15, -0.1) is 0 Å². The summed E-state index contributed by atoms with van der Waals surface area (Å²) < 4.78 is 38.4. The first kappa shape index (κ1) is 23.6. The molecule has 1 aliphatic heterocycles. The molecular formula is C25H24F3N3O3. The first-order valence-electron chi connectivity index (χ1n) is 11.0. The van der Waals surface area contributed by atoms with Gasteiger partial charge in [0.1, 0.15) is 18.1 Å². The molecule has 34 heavy (non-hydrogen) atoms. The van der Waals surface area contributed by atoms with E-state index in [1.807, 2.05) is 4.90 Å². The minimum Gasteiger partial charge on any atom is -0.872 e. The van der Waals surface area contributed by atoms with Gasteiger partial charge in [-0.2, -0.15) is 13.2 Å². The van der Waals surface area contributed by atoms with Gasteiger partial charge in [0.2, 0.25) is 0 Å². The van der Waals surface area contributed by atoms with Crippen LogP contribution in [-0.4, -0.2) is 42.1 Å². The molecule has 0 saturated carbocycles. The predicted molar refractivity (Wildman–Crippen MR) is 118 cm³/mol. The van der Waals surface area contributed by atoms with Gasteiger partial charge in [0.25, 0.3) is 0 Å². The van der Waals surface area contributed by atoms with Crippen LogP contribution in [0.15, 0.2) is 60.8 Å². The maximum Gasteiger partial charge on any atom is 0.417 e. The zero-order valence-corrected chi connectivity index (χ0v) is 18.3. The molecule has 0 bridgehead atoms. The van der Waals surface area contributed by atoms with Crippen LogP contribution in [0.3, 0.4) is 0 Å². The number of phenolic OH excluding ortho intramolecular Hbond substituents is 1. The number of nitrogens with zero attached hydrogens (tertiary/aromatic N) is 2. The van der Waals surface area contributed by atoms with Crippen molar-refractivity contribution in [3.8, 4) is 11.5 Å². The fourth-order valence-corrected chi connectivity index (χ4v) is 4.16. The number of rotatable bonds is 5. The number of alkyl halides is 3. The van der Waals surface area contributed by atoms with Gasteiger partial charge < -0.3 is 20.0 Å². The van der Waals surface area contributed by atoms with Crippen molar-refractivity contribution in [2.45, 2.75) is 19.1 Å². The molecule has 1 fully saturated rings. The summed E-state index contributed by atoms with van der Waals surface area (Å²) >= 11 is 0. The fourth-order valence-electron chi connectivity index (χ4n) is 4.16. The van der Waals surface area contributed by atoms with Gasteiger partial charge in [0.15, 0.2) is 5.78 Å². The third-order valence-corrected chi connectivity index (χ3v) is 6.04. The highest BCUT2D eigenvalue weighted by Gasteiger charge is 2.31. The Balaban J connectivity index is 1.47. The number of aromatic nitrogens is 1. The molecule has 1 saturated heterocycles. The molecule has 2 heterocycles. The lowest BCUT2D eigenvalue weighted by atomic mass is 9.99. The summed E-state index contributed by atoms with van der Waals surface area (Å²) in [5.74, 6) is -0.547. The van der Waals surface area contributed by atoms with Crippen LogP contribution in [0.1, 0.15) is 33.5 Å². The van der Waals surface area contributed by atoms with Crippen LogP contribution in [-0.2, 0) is 12.7 Å². The highest BCUT2D eigenvalue weighted by molar-refractivity contribution is 6.10. The van der Waals surface area contributed by atoms with Crippen LogP contribution in [0, 0.1) is 0 Å². The highest BCUT2D eigenvalue weighted by atomic mass is 19.4. The first-order valence-corrected chi connectivity index (χ1v) is 11.0. The summed E-state index contributed by atoms with van der Waals surface area (Å²) in [4.78, 5) is 19.7. The van der Waals surface area contributed by atoms with E-state index in [-0.39, 0.29) is 23.4 Å². The van der Waals surface area contributed by atoms with Gasteiger partial charge in [0, 0.05) is 35.9 Å². The second-order valence-electron chi connectivity index (χ2n) is 8.31. The van der Waals surface area contributed by atoms with Gasteiger partial charge >= 0.3 is 6.18 Å². The number of hydrogen-bond acceptors (Lipinski definition) is 5.